The summed E-state index contributed by atoms with van der Waals surface area (Å²) in [7, 11) is 1.86. The smallest absolute Gasteiger partial charge is 0.354 e. The Hall–Kier alpha value is -3.36. The highest BCUT2D eigenvalue weighted by Gasteiger charge is 2.25. The molecule has 1 aliphatic heterocycles. The first-order valence-electron chi connectivity index (χ1n) is 16.2. The lowest BCUT2D eigenvalue weighted by atomic mass is 10.00. The fraction of sp³-hybridized carbons (Fsp3) is 0.441. The summed E-state index contributed by atoms with van der Waals surface area (Å²) in [4.78, 5) is 36.3. The van der Waals surface area contributed by atoms with Gasteiger partial charge in [-0.1, -0.05) is 24.3 Å². The van der Waals surface area contributed by atoms with Crippen LogP contribution in [0.3, 0.4) is 0 Å². The Morgan fingerprint density at radius 2 is 1.32 bits per heavy atom. The van der Waals surface area contributed by atoms with Crippen LogP contribution in [0.15, 0.2) is 60.7 Å². The minimum atomic E-state index is -1.10. The number of hydrogen-bond donors (Lipinski definition) is 3. The maximum absolute atomic E-state index is 11.8. The molecule has 16 heteroatoms. The molecule has 3 N–H and O–H groups in total. The number of nitrogens with one attached hydrogen (secondary N) is 1. The number of hydrogen-bond acceptors (Lipinski definition) is 11. The zero-order valence-corrected chi connectivity index (χ0v) is 30.9. The van der Waals surface area contributed by atoms with E-state index in [4.69, 9.17) is 31.2 Å². The molecule has 1 fully saturated rings. The van der Waals surface area contributed by atoms with Crippen molar-refractivity contribution < 1.29 is 38.7 Å². The molecule has 1 atom stereocenters. The van der Waals surface area contributed by atoms with Crippen LogP contribution >= 0.6 is 35.1 Å². The summed E-state index contributed by atoms with van der Waals surface area (Å²) in [6, 6.07) is 17.4. The monoisotopic (exact) mass is 822 g/mol. The number of rotatable bonds is 8. The summed E-state index contributed by atoms with van der Waals surface area (Å²) in [5.41, 5.74) is 2.97. The third-order valence-electron chi connectivity index (χ3n) is 7.70. The number of pyridine rings is 2. The average Bonchev–Trinajstić information content (AvgIpc) is 3.10. The van der Waals surface area contributed by atoms with Crippen molar-refractivity contribution >= 4 is 57.8 Å². The van der Waals surface area contributed by atoms with Gasteiger partial charge in [-0.05, 0) is 54.2 Å². The van der Waals surface area contributed by atoms with Gasteiger partial charge in [0, 0.05) is 45.5 Å². The van der Waals surface area contributed by atoms with Crippen molar-refractivity contribution in [3.05, 3.63) is 89.0 Å². The van der Waals surface area contributed by atoms with Crippen LogP contribution < -0.4 is 5.32 Å². The number of anilines is 1. The lowest BCUT2D eigenvalue weighted by Crippen LogP contribution is -2.36. The normalized spacial score (nSPS) is 17.2. The van der Waals surface area contributed by atoms with Crippen molar-refractivity contribution in [2.75, 3.05) is 91.4 Å². The number of aromatic nitrogens is 2. The summed E-state index contributed by atoms with van der Waals surface area (Å²) >= 11 is 7.49. The van der Waals surface area contributed by atoms with Gasteiger partial charge in [-0.15, -0.1) is 0 Å². The van der Waals surface area contributed by atoms with Crippen molar-refractivity contribution in [3.63, 3.8) is 0 Å². The Kier molecular flexibility index (Phi) is 16.6. The second-order valence-corrected chi connectivity index (χ2v) is 13.1. The van der Waals surface area contributed by atoms with E-state index in [1.165, 1.54) is 12.1 Å². The highest BCUT2D eigenvalue weighted by Crippen LogP contribution is 2.29. The lowest BCUT2D eigenvalue weighted by molar-refractivity contribution is 0.00331. The number of carbonyl (C=O) groups is 2. The Balaban J connectivity index is 1.44. The molecule has 0 aliphatic carbocycles. The second kappa shape index (κ2) is 21.1. The van der Waals surface area contributed by atoms with Crippen molar-refractivity contribution in [3.8, 4) is 0 Å². The van der Waals surface area contributed by atoms with Crippen molar-refractivity contribution in [2.45, 2.75) is 12.6 Å². The zero-order valence-electron chi connectivity index (χ0n) is 27.9. The molecule has 0 saturated carbocycles. The third kappa shape index (κ3) is 13.1. The number of halogens is 1. The molecule has 1 unspecified atom stereocenters. The van der Waals surface area contributed by atoms with Gasteiger partial charge in [-0.2, -0.15) is 0 Å². The Morgan fingerprint density at radius 1 is 0.800 bits per heavy atom. The van der Waals surface area contributed by atoms with Crippen molar-refractivity contribution in [1.29, 1.82) is 0 Å². The van der Waals surface area contributed by atoms with Gasteiger partial charge in [0.2, 0.25) is 0 Å². The first-order valence-corrected chi connectivity index (χ1v) is 17.6. The van der Waals surface area contributed by atoms with Gasteiger partial charge >= 0.3 is 11.9 Å². The summed E-state index contributed by atoms with van der Waals surface area (Å²) < 4.78 is 25.5. The summed E-state index contributed by atoms with van der Waals surface area (Å²) in [5.74, 6) is -2.16. The number of aromatic carboxylic acids is 2. The molecule has 4 rings (SSSR count). The second-order valence-electron chi connectivity index (χ2n) is 11.3. The lowest BCUT2D eigenvalue weighted by Gasteiger charge is -2.32. The predicted molar refractivity (Wildman–Crippen MR) is 199 cm³/mol. The molecule has 1 aromatic carbocycles. The standard InChI is InChI=1S/C34H43IN6O8S/c1-39(35)34(50)37-26-10-8-25(9-11-26)31(28-5-3-7-30(38-28)33(44)45)41-14-18-48-22-20-46-16-12-40(13-17-47-21-23-49-19-15-41)24-27-4-2-6-29(36-27)32(42)43/h2-11,31H,12-24H2,1H3,(H,37,50)(H,42,43)(H,44,45). The molecule has 3 aromatic rings. The van der Waals surface area contributed by atoms with Crippen LogP contribution in [0.25, 0.3) is 0 Å². The van der Waals surface area contributed by atoms with E-state index in [1.807, 2.05) is 43.4 Å². The van der Waals surface area contributed by atoms with Crippen LogP contribution in [-0.4, -0.2) is 136 Å². The molecule has 0 amide bonds. The van der Waals surface area contributed by atoms with E-state index in [0.29, 0.717) is 102 Å². The minimum absolute atomic E-state index is 0.0105. The van der Waals surface area contributed by atoms with E-state index in [-0.39, 0.29) is 17.4 Å². The largest absolute Gasteiger partial charge is 0.477 e. The number of thiocarbonyl (C=S) groups is 1. The number of ether oxygens (including phenoxy) is 4. The Bertz CT molecular complexity index is 1520. The molecular formula is C34H43IN6O8S. The van der Waals surface area contributed by atoms with Crippen LogP contribution in [0, 0.1) is 0 Å². The first-order chi connectivity index (χ1) is 24.2. The van der Waals surface area contributed by atoms with Gasteiger partial charge < -0.3 is 34.5 Å². The van der Waals surface area contributed by atoms with Gasteiger partial charge in [0.25, 0.3) is 0 Å². The van der Waals surface area contributed by atoms with Crippen LogP contribution in [0.1, 0.15) is 44.0 Å². The fourth-order valence-electron chi connectivity index (χ4n) is 5.19. The molecule has 1 aliphatic rings. The molecular weight excluding hydrogens is 779 g/mol. The number of nitrogens with zero attached hydrogens (tertiary/aromatic N) is 5. The van der Waals surface area contributed by atoms with E-state index in [1.54, 1.807) is 15.2 Å². The van der Waals surface area contributed by atoms with E-state index in [9.17, 15) is 19.8 Å². The Morgan fingerprint density at radius 3 is 1.86 bits per heavy atom. The molecule has 2 aromatic heterocycles. The topological polar surface area (TPSA) is 159 Å². The average molecular weight is 823 g/mol. The van der Waals surface area contributed by atoms with Gasteiger partial charge in [-0.3, -0.25) is 12.9 Å². The predicted octanol–water partition coefficient (Wildman–Crippen LogP) is 3.83. The number of benzene rings is 1. The third-order valence-corrected chi connectivity index (χ3v) is 8.88. The quantitative estimate of drug-likeness (QED) is 0.171. The van der Waals surface area contributed by atoms with E-state index < -0.39 is 11.9 Å². The van der Waals surface area contributed by atoms with Gasteiger partial charge in [0.05, 0.1) is 93.1 Å². The molecule has 50 heavy (non-hydrogen) atoms. The molecule has 1 saturated heterocycles. The molecule has 0 bridgehead atoms. The number of carboxylic acid groups (broad SMARTS) is 2. The first kappa shape index (κ1) is 39.4. The van der Waals surface area contributed by atoms with E-state index >= 15 is 0 Å². The zero-order chi connectivity index (χ0) is 35.7. The van der Waals surface area contributed by atoms with Crippen LogP contribution in [0.4, 0.5) is 5.69 Å². The molecule has 0 spiro atoms. The maximum Gasteiger partial charge on any atom is 0.354 e. The van der Waals surface area contributed by atoms with Crippen molar-refractivity contribution in [2.24, 2.45) is 0 Å². The van der Waals surface area contributed by atoms with Gasteiger partial charge in [0.15, 0.2) is 5.11 Å². The summed E-state index contributed by atoms with van der Waals surface area (Å²) in [5, 5.41) is 22.8. The van der Waals surface area contributed by atoms with Crippen LogP contribution in [-0.2, 0) is 25.5 Å². The van der Waals surface area contributed by atoms with E-state index in [0.717, 1.165) is 11.3 Å². The van der Waals surface area contributed by atoms with Gasteiger partial charge in [-0.25, -0.2) is 19.6 Å². The van der Waals surface area contributed by atoms with Crippen LogP contribution in [0.2, 0.25) is 0 Å². The fourth-order valence-corrected chi connectivity index (χ4v) is 5.43. The highest BCUT2D eigenvalue weighted by atomic mass is 127. The van der Waals surface area contributed by atoms with E-state index in [2.05, 4.69) is 47.9 Å². The van der Waals surface area contributed by atoms with Crippen LogP contribution in [0.5, 0.6) is 0 Å². The highest BCUT2D eigenvalue weighted by molar-refractivity contribution is 14.1. The molecule has 270 valence electrons. The van der Waals surface area contributed by atoms with Crippen molar-refractivity contribution in [1.82, 2.24) is 22.9 Å². The number of carboxylic acids is 2. The van der Waals surface area contributed by atoms with Gasteiger partial charge in [0.1, 0.15) is 11.4 Å². The summed E-state index contributed by atoms with van der Waals surface area (Å²) in [6.07, 6.45) is 0. The summed E-state index contributed by atoms with van der Waals surface area (Å²) in [6.45, 7) is 5.97. The molecule has 14 nitrogen and oxygen atoms in total. The Labute approximate surface area is 311 Å². The minimum Gasteiger partial charge on any atom is -0.477 e. The molecule has 0 radical (unpaired) electrons. The maximum atomic E-state index is 11.8. The SMILES string of the molecule is CN(I)C(=S)Nc1ccc(C(c2cccc(C(=O)O)n2)N2CCOCCOCCN(Cc3cccc(C(=O)O)n3)CCOCCOCC2)cc1. The molecule has 3 heterocycles.